The van der Waals surface area contributed by atoms with E-state index < -0.39 is 10.0 Å². The van der Waals surface area contributed by atoms with Crippen molar-refractivity contribution < 1.29 is 18.0 Å². The lowest BCUT2D eigenvalue weighted by molar-refractivity contribution is 0.271. The molecular formula is C11H15N3O4S. The molecule has 0 aromatic carbocycles. The number of aryl methyl sites for hydroxylation is 1. The van der Waals surface area contributed by atoms with Gasteiger partial charge in [-0.3, -0.25) is 0 Å². The summed E-state index contributed by atoms with van der Waals surface area (Å²) in [6, 6.07) is 3.04. The summed E-state index contributed by atoms with van der Waals surface area (Å²) in [7, 11) is -3.62. The number of hydrogen-bond acceptors (Lipinski definition) is 5. The van der Waals surface area contributed by atoms with Gasteiger partial charge in [0.05, 0.1) is 23.7 Å². The number of sulfonamides is 1. The normalized spacial score (nSPS) is 11.9. The number of rotatable bonds is 6. The van der Waals surface area contributed by atoms with E-state index in [4.69, 9.17) is 5.11 Å². The van der Waals surface area contributed by atoms with Crippen molar-refractivity contribution in [2.75, 3.05) is 0 Å². The monoisotopic (exact) mass is 285 g/mol. The predicted octanol–water partition coefficient (Wildman–Crippen LogP) is 0.467. The molecule has 0 aliphatic heterocycles. The van der Waals surface area contributed by atoms with Gasteiger partial charge in [0.15, 0.2) is 0 Å². The first-order valence-electron chi connectivity index (χ1n) is 5.75. The van der Waals surface area contributed by atoms with Crippen LogP contribution < -0.4 is 4.72 Å². The van der Waals surface area contributed by atoms with E-state index in [-0.39, 0.29) is 18.0 Å². The summed E-state index contributed by atoms with van der Waals surface area (Å²) in [5, 5.41) is 12.8. The molecule has 2 aromatic heterocycles. The van der Waals surface area contributed by atoms with Crippen LogP contribution in [-0.4, -0.2) is 23.2 Å². The zero-order chi connectivity index (χ0) is 13.9. The fraction of sp³-hybridized carbons (Fsp3) is 0.364. The Labute approximate surface area is 110 Å². The maximum absolute atomic E-state index is 12.1. The first-order valence-corrected chi connectivity index (χ1v) is 7.24. The average molecular weight is 285 g/mol. The molecule has 2 heterocycles. The van der Waals surface area contributed by atoms with Crippen molar-refractivity contribution in [2.24, 2.45) is 0 Å². The molecule has 0 saturated heterocycles. The predicted molar refractivity (Wildman–Crippen MR) is 66.6 cm³/mol. The van der Waals surface area contributed by atoms with E-state index in [1.54, 1.807) is 10.6 Å². The summed E-state index contributed by atoms with van der Waals surface area (Å²) < 4.78 is 32.8. The fourth-order valence-electron chi connectivity index (χ4n) is 1.68. The Morgan fingerprint density at radius 2 is 2.32 bits per heavy atom. The number of nitrogens with one attached hydrogen (secondary N) is 1. The van der Waals surface area contributed by atoms with Gasteiger partial charge in [0, 0.05) is 24.5 Å². The molecule has 0 atom stereocenters. The third kappa shape index (κ3) is 3.03. The zero-order valence-corrected chi connectivity index (χ0v) is 11.2. The van der Waals surface area contributed by atoms with Crippen LogP contribution in [0.5, 0.6) is 0 Å². The standard InChI is InChI=1S/C11H15N3O4S/c1-2-14-7-11(5-10(14)8-15)19(16,17)12-6-9-3-4-18-13-9/h3-5,7,12,15H,2,6,8H2,1H3. The molecule has 7 nitrogen and oxygen atoms in total. The van der Waals surface area contributed by atoms with Gasteiger partial charge in [-0.05, 0) is 13.0 Å². The Kier molecular flexibility index (Phi) is 4.03. The molecule has 0 radical (unpaired) electrons. The molecule has 0 fully saturated rings. The number of aromatic nitrogens is 2. The average Bonchev–Trinajstić information content (AvgIpc) is 3.05. The van der Waals surface area contributed by atoms with Gasteiger partial charge in [0.25, 0.3) is 0 Å². The molecule has 0 saturated carbocycles. The molecule has 8 heteroatoms. The van der Waals surface area contributed by atoms with E-state index in [2.05, 4.69) is 14.4 Å². The highest BCUT2D eigenvalue weighted by Crippen LogP contribution is 2.15. The molecule has 0 amide bonds. The largest absolute Gasteiger partial charge is 0.390 e. The van der Waals surface area contributed by atoms with E-state index in [0.717, 1.165) is 0 Å². The Hall–Kier alpha value is -1.64. The lowest BCUT2D eigenvalue weighted by atomic mass is 10.4. The van der Waals surface area contributed by atoms with Gasteiger partial charge < -0.3 is 14.2 Å². The van der Waals surface area contributed by atoms with Crippen molar-refractivity contribution in [1.29, 1.82) is 0 Å². The third-order valence-electron chi connectivity index (χ3n) is 2.71. The van der Waals surface area contributed by atoms with Crippen molar-refractivity contribution in [3.63, 3.8) is 0 Å². The fourth-order valence-corrected chi connectivity index (χ4v) is 2.74. The SMILES string of the molecule is CCn1cc(S(=O)(=O)NCc2ccon2)cc1CO. The van der Waals surface area contributed by atoms with Crippen LogP contribution in [0.3, 0.4) is 0 Å². The minimum atomic E-state index is -3.62. The molecule has 0 spiro atoms. The summed E-state index contributed by atoms with van der Waals surface area (Å²) in [6.07, 6.45) is 2.87. The molecule has 2 rings (SSSR count). The van der Waals surface area contributed by atoms with Gasteiger partial charge in [-0.2, -0.15) is 0 Å². The van der Waals surface area contributed by atoms with Crippen LogP contribution in [0.1, 0.15) is 18.3 Å². The van der Waals surface area contributed by atoms with Gasteiger partial charge >= 0.3 is 0 Å². The molecule has 0 unspecified atom stereocenters. The third-order valence-corrected chi connectivity index (χ3v) is 4.08. The minimum Gasteiger partial charge on any atom is -0.390 e. The minimum absolute atomic E-state index is 0.0601. The second-order valence-electron chi connectivity index (χ2n) is 3.93. The smallest absolute Gasteiger partial charge is 0.242 e. The highest BCUT2D eigenvalue weighted by atomic mass is 32.2. The maximum atomic E-state index is 12.1. The van der Waals surface area contributed by atoms with Crippen LogP contribution in [0.2, 0.25) is 0 Å². The summed E-state index contributed by atoms with van der Waals surface area (Å²) in [4.78, 5) is 0.127. The number of hydrogen-bond donors (Lipinski definition) is 2. The Morgan fingerprint density at radius 3 is 2.84 bits per heavy atom. The second kappa shape index (κ2) is 5.55. The molecule has 2 aromatic rings. The van der Waals surface area contributed by atoms with Crippen molar-refractivity contribution in [1.82, 2.24) is 14.4 Å². The lowest BCUT2D eigenvalue weighted by Gasteiger charge is -2.02. The van der Waals surface area contributed by atoms with Crippen LogP contribution in [0.25, 0.3) is 0 Å². The number of aliphatic hydroxyl groups is 1. The van der Waals surface area contributed by atoms with Gasteiger partial charge in [0.2, 0.25) is 10.0 Å². The summed E-state index contributed by atoms with van der Waals surface area (Å²) in [5.41, 5.74) is 1.06. The lowest BCUT2D eigenvalue weighted by Crippen LogP contribution is -2.23. The Bertz CT molecular complexity index is 609. The van der Waals surface area contributed by atoms with Gasteiger partial charge in [-0.1, -0.05) is 5.16 Å². The van der Waals surface area contributed by atoms with Crippen LogP contribution in [0, 0.1) is 0 Å². The molecule has 0 bridgehead atoms. The Balaban J connectivity index is 2.17. The first-order chi connectivity index (χ1) is 9.06. The zero-order valence-electron chi connectivity index (χ0n) is 10.4. The van der Waals surface area contributed by atoms with Crippen molar-refractivity contribution in [3.05, 3.63) is 36.0 Å². The van der Waals surface area contributed by atoms with E-state index in [1.807, 2.05) is 6.92 Å². The Morgan fingerprint density at radius 1 is 1.53 bits per heavy atom. The summed E-state index contributed by atoms with van der Waals surface area (Å²) in [6.45, 7) is 2.32. The quantitative estimate of drug-likeness (QED) is 0.804. The van der Waals surface area contributed by atoms with Gasteiger partial charge in [-0.25, -0.2) is 13.1 Å². The van der Waals surface area contributed by atoms with Gasteiger partial charge in [0.1, 0.15) is 6.26 Å². The van der Waals surface area contributed by atoms with E-state index in [1.165, 1.54) is 18.5 Å². The summed E-state index contributed by atoms with van der Waals surface area (Å²) in [5.74, 6) is 0. The highest BCUT2D eigenvalue weighted by Gasteiger charge is 2.18. The number of aliphatic hydroxyl groups excluding tert-OH is 1. The first kappa shape index (κ1) is 13.8. The van der Waals surface area contributed by atoms with Gasteiger partial charge in [-0.15, -0.1) is 0 Å². The molecule has 104 valence electrons. The van der Waals surface area contributed by atoms with Crippen molar-refractivity contribution in [2.45, 2.75) is 31.5 Å². The number of nitrogens with zero attached hydrogens (tertiary/aromatic N) is 2. The second-order valence-corrected chi connectivity index (χ2v) is 5.69. The van der Waals surface area contributed by atoms with Crippen LogP contribution in [0.4, 0.5) is 0 Å². The molecule has 19 heavy (non-hydrogen) atoms. The topological polar surface area (TPSA) is 97.4 Å². The summed E-state index contributed by atoms with van der Waals surface area (Å²) >= 11 is 0. The van der Waals surface area contributed by atoms with Crippen LogP contribution >= 0.6 is 0 Å². The van der Waals surface area contributed by atoms with E-state index in [9.17, 15) is 8.42 Å². The van der Waals surface area contributed by atoms with Crippen LogP contribution in [0.15, 0.2) is 34.0 Å². The highest BCUT2D eigenvalue weighted by molar-refractivity contribution is 7.89. The van der Waals surface area contributed by atoms with Crippen molar-refractivity contribution in [3.8, 4) is 0 Å². The molecule has 0 aliphatic rings. The van der Waals surface area contributed by atoms with Crippen LogP contribution in [-0.2, 0) is 29.7 Å². The van der Waals surface area contributed by atoms with Crippen molar-refractivity contribution >= 4 is 10.0 Å². The molecule has 0 aliphatic carbocycles. The van der Waals surface area contributed by atoms with E-state index >= 15 is 0 Å². The maximum Gasteiger partial charge on any atom is 0.242 e. The molecular weight excluding hydrogens is 270 g/mol. The van der Waals surface area contributed by atoms with E-state index in [0.29, 0.717) is 17.9 Å². The molecule has 2 N–H and O–H groups in total.